The molecule has 0 radical (unpaired) electrons. The van der Waals surface area contributed by atoms with E-state index < -0.39 is 0 Å². The fourth-order valence-electron chi connectivity index (χ4n) is 0.976. The van der Waals surface area contributed by atoms with Gasteiger partial charge in [-0.15, -0.1) is 0 Å². The van der Waals surface area contributed by atoms with Crippen molar-refractivity contribution >= 4 is 68.4 Å². The molecule has 18 heavy (non-hydrogen) atoms. The summed E-state index contributed by atoms with van der Waals surface area (Å²) in [5.74, 6) is 0.272. The molecule has 0 aromatic heterocycles. The SMILES string of the molecule is Oc1c(Cl)cc(I)cc1Cl.Oc1ccc(I)cc1. The van der Waals surface area contributed by atoms with E-state index in [0.29, 0.717) is 5.75 Å². The van der Waals surface area contributed by atoms with Gasteiger partial charge in [0, 0.05) is 7.14 Å². The lowest BCUT2D eigenvalue weighted by atomic mass is 10.3. The maximum absolute atomic E-state index is 9.06. The van der Waals surface area contributed by atoms with E-state index in [-0.39, 0.29) is 15.8 Å². The zero-order chi connectivity index (χ0) is 13.7. The van der Waals surface area contributed by atoms with Crippen molar-refractivity contribution in [2.75, 3.05) is 0 Å². The summed E-state index contributed by atoms with van der Waals surface area (Å²) >= 11 is 15.4. The summed E-state index contributed by atoms with van der Waals surface area (Å²) in [5.41, 5.74) is 0. The Morgan fingerprint density at radius 3 is 1.61 bits per heavy atom. The Morgan fingerprint density at radius 2 is 1.22 bits per heavy atom. The molecule has 6 heteroatoms. The van der Waals surface area contributed by atoms with Gasteiger partial charge >= 0.3 is 0 Å². The van der Waals surface area contributed by atoms with Crippen molar-refractivity contribution in [3.63, 3.8) is 0 Å². The number of benzene rings is 2. The highest BCUT2D eigenvalue weighted by molar-refractivity contribution is 14.1. The van der Waals surface area contributed by atoms with Crippen LogP contribution in [0.5, 0.6) is 11.5 Å². The molecular weight excluding hydrogens is 501 g/mol. The van der Waals surface area contributed by atoms with Crippen molar-refractivity contribution < 1.29 is 10.2 Å². The van der Waals surface area contributed by atoms with Crippen molar-refractivity contribution in [2.45, 2.75) is 0 Å². The zero-order valence-corrected chi connectivity index (χ0v) is 14.7. The van der Waals surface area contributed by atoms with Crippen LogP contribution < -0.4 is 0 Å². The predicted molar refractivity (Wildman–Crippen MR) is 91.7 cm³/mol. The van der Waals surface area contributed by atoms with Gasteiger partial charge in [0.15, 0.2) is 5.75 Å². The fourth-order valence-corrected chi connectivity index (χ4v) is 2.81. The molecule has 0 saturated heterocycles. The van der Waals surface area contributed by atoms with Gasteiger partial charge in [-0.25, -0.2) is 0 Å². The molecule has 0 aliphatic carbocycles. The van der Waals surface area contributed by atoms with Gasteiger partial charge in [0.2, 0.25) is 0 Å². The van der Waals surface area contributed by atoms with E-state index in [2.05, 4.69) is 45.2 Å². The lowest BCUT2D eigenvalue weighted by molar-refractivity contribution is 0.475. The minimum atomic E-state index is -0.0521. The van der Waals surface area contributed by atoms with E-state index in [1.165, 1.54) is 0 Å². The topological polar surface area (TPSA) is 40.5 Å². The van der Waals surface area contributed by atoms with Crippen molar-refractivity contribution in [3.05, 3.63) is 53.6 Å². The second-order valence-corrected chi connectivity index (χ2v) is 6.50. The molecule has 0 bridgehead atoms. The van der Waals surface area contributed by atoms with Gasteiger partial charge < -0.3 is 10.2 Å². The summed E-state index contributed by atoms with van der Waals surface area (Å²) in [6.07, 6.45) is 0. The molecule has 0 unspecified atom stereocenters. The Balaban J connectivity index is 0.000000184. The molecule has 2 aromatic carbocycles. The van der Waals surface area contributed by atoms with Crippen LogP contribution in [0, 0.1) is 7.14 Å². The molecule has 2 aromatic rings. The highest BCUT2D eigenvalue weighted by Gasteiger charge is 2.03. The highest BCUT2D eigenvalue weighted by Crippen LogP contribution is 2.32. The molecule has 2 rings (SSSR count). The van der Waals surface area contributed by atoms with E-state index in [1.807, 2.05) is 12.1 Å². The number of phenolic OH excluding ortho intramolecular Hbond substituents is 2. The minimum Gasteiger partial charge on any atom is -0.508 e. The normalized spacial score (nSPS) is 9.56. The van der Waals surface area contributed by atoms with Crippen molar-refractivity contribution in [1.82, 2.24) is 0 Å². The summed E-state index contributed by atoms with van der Waals surface area (Å²) in [6.45, 7) is 0. The molecule has 0 fully saturated rings. The molecule has 0 heterocycles. The van der Waals surface area contributed by atoms with Crippen LogP contribution in [0.4, 0.5) is 0 Å². The molecule has 2 nitrogen and oxygen atoms in total. The number of phenols is 2. The second-order valence-electron chi connectivity index (χ2n) is 3.19. The smallest absolute Gasteiger partial charge is 0.152 e. The largest absolute Gasteiger partial charge is 0.508 e. The van der Waals surface area contributed by atoms with Crippen molar-refractivity contribution in [1.29, 1.82) is 0 Å². The molecule has 0 aliphatic heterocycles. The molecule has 0 amide bonds. The second kappa shape index (κ2) is 7.62. The molecule has 0 aliphatic rings. The van der Waals surface area contributed by atoms with Gasteiger partial charge in [0.1, 0.15) is 5.75 Å². The summed E-state index contributed by atoms with van der Waals surface area (Å²) in [4.78, 5) is 0. The molecular formula is C12H8Cl2I2O2. The first-order valence-electron chi connectivity index (χ1n) is 4.68. The lowest BCUT2D eigenvalue weighted by Crippen LogP contribution is -1.74. The number of hydrogen-bond acceptors (Lipinski definition) is 2. The van der Waals surface area contributed by atoms with E-state index in [4.69, 9.17) is 33.4 Å². The van der Waals surface area contributed by atoms with Crippen LogP contribution in [0.1, 0.15) is 0 Å². The molecule has 0 saturated carbocycles. The summed E-state index contributed by atoms with van der Waals surface area (Å²) in [5, 5.41) is 18.4. The number of halogens is 4. The van der Waals surface area contributed by atoms with Crippen LogP contribution in [0.15, 0.2) is 36.4 Å². The van der Waals surface area contributed by atoms with Gasteiger partial charge in [-0.3, -0.25) is 0 Å². The Hall–Kier alpha value is 0.0800. The summed E-state index contributed by atoms with van der Waals surface area (Å²) in [7, 11) is 0. The third kappa shape index (κ3) is 5.38. The van der Waals surface area contributed by atoms with Gasteiger partial charge in [-0.2, -0.15) is 0 Å². The van der Waals surface area contributed by atoms with E-state index in [0.717, 1.165) is 7.14 Å². The first-order valence-corrected chi connectivity index (χ1v) is 7.59. The lowest BCUT2D eigenvalue weighted by Gasteiger charge is -1.98. The summed E-state index contributed by atoms with van der Waals surface area (Å²) in [6, 6.07) is 10.3. The zero-order valence-electron chi connectivity index (χ0n) is 8.87. The molecule has 0 atom stereocenters. The van der Waals surface area contributed by atoms with Crippen molar-refractivity contribution in [3.8, 4) is 11.5 Å². The fraction of sp³-hybridized carbons (Fsp3) is 0. The summed E-state index contributed by atoms with van der Waals surface area (Å²) < 4.78 is 2.05. The maximum atomic E-state index is 9.06. The molecule has 0 spiro atoms. The van der Waals surface area contributed by atoms with Crippen LogP contribution in [-0.4, -0.2) is 10.2 Å². The van der Waals surface area contributed by atoms with Crippen LogP contribution in [0.3, 0.4) is 0 Å². The monoisotopic (exact) mass is 508 g/mol. The number of aromatic hydroxyl groups is 2. The van der Waals surface area contributed by atoms with Crippen LogP contribution in [0.2, 0.25) is 10.0 Å². The number of hydrogen-bond donors (Lipinski definition) is 2. The van der Waals surface area contributed by atoms with E-state index in [9.17, 15) is 0 Å². The van der Waals surface area contributed by atoms with E-state index >= 15 is 0 Å². The van der Waals surface area contributed by atoms with Gasteiger partial charge in [0.05, 0.1) is 10.0 Å². The van der Waals surface area contributed by atoms with Crippen molar-refractivity contribution in [2.24, 2.45) is 0 Å². The van der Waals surface area contributed by atoms with Gasteiger partial charge in [-0.05, 0) is 81.6 Å². The van der Waals surface area contributed by atoms with E-state index in [1.54, 1.807) is 24.3 Å². The van der Waals surface area contributed by atoms with Gasteiger partial charge in [-0.1, -0.05) is 23.2 Å². The predicted octanol–water partition coefficient (Wildman–Crippen LogP) is 5.30. The average Bonchev–Trinajstić information content (AvgIpc) is 2.31. The first-order chi connectivity index (χ1) is 8.40. The highest BCUT2D eigenvalue weighted by atomic mass is 127. The quantitative estimate of drug-likeness (QED) is 0.474. The van der Waals surface area contributed by atoms with Crippen LogP contribution in [0.25, 0.3) is 0 Å². The average molecular weight is 509 g/mol. The third-order valence-corrected chi connectivity index (χ3v) is 3.73. The Bertz CT molecular complexity index is 486. The molecule has 96 valence electrons. The van der Waals surface area contributed by atoms with Gasteiger partial charge in [0.25, 0.3) is 0 Å². The minimum absolute atomic E-state index is 0.0521. The molecule has 2 N–H and O–H groups in total. The van der Waals surface area contributed by atoms with Crippen LogP contribution >= 0.6 is 68.4 Å². The standard InChI is InChI=1S/C6H3Cl2IO.C6H5IO/c7-4-1-3(9)2-5(8)6(4)10;7-5-1-3-6(8)4-2-5/h1-2,10H;1-4,8H. The first kappa shape index (κ1) is 16.1. The number of rotatable bonds is 0. The Labute approximate surface area is 142 Å². The third-order valence-electron chi connectivity index (χ3n) is 1.81. The van der Waals surface area contributed by atoms with Crippen LogP contribution in [-0.2, 0) is 0 Å². The maximum Gasteiger partial charge on any atom is 0.152 e. The Morgan fingerprint density at radius 1 is 0.778 bits per heavy atom. The Kier molecular flexibility index (Phi) is 6.83.